The van der Waals surface area contributed by atoms with E-state index in [1.165, 1.54) is 0 Å². The van der Waals surface area contributed by atoms with Gasteiger partial charge < -0.3 is 58.4 Å². The minimum absolute atomic E-state index is 0.0645. The Kier molecular flexibility index (Phi) is 18.0. The predicted octanol–water partition coefficient (Wildman–Crippen LogP) is 2.76. The molecule has 1 unspecified atom stereocenters. The zero-order valence-electron chi connectivity index (χ0n) is 30.6. The molecule has 1 aromatic carbocycles. The van der Waals surface area contributed by atoms with Crippen LogP contribution in [0, 0.1) is 0 Å². The summed E-state index contributed by atoms with van der Waals surface area (Å²) in [7, 11) is 3.32. The number of nitrogens with zero attached hydrogens (tertiary/aromatic N) is 4. The Morgan fingerprint density at radius 2 is 1.50 bits per heavy atom. The Labute approximate surface area is 305 Å². The fourth-order valence-corrected chi connectivity index (χ4v) is 6.07. The molecule has 2 N–H and O–H groups in total. The van der Waals surface area contributed by atoms with Crippen LogP contribution in [0.25, 0.3) is 0 Å². The van der Waals surface area contributed by atoms with Crippen LogP contribution in [0.2, 0.25) is 0 Å². The molecular weight excluding hydrogens is 676 g/mol. The Morgan fingerprint density at radius 1 is 0.904 bits per heavy atom. The minimum Gasteiger partial charge on any atom is -0.495 e. The molecule has 288 valence electrons. The van der Waals surface area contributed by atoms with Gasteiger partial charge in [0.25, 0.3) is 5.91 Å². The molecule has 4 rings (SSSR count). The van der Waals surface area contributed by atoms with Gasteiger partial charge in [-0.3, -0.25) is 9.59 Å². The van der Waals surface area contributed by atoms with Gasteiger partial charge in [0.15, 0.2) is 5.82 Å². The van der Waals surface area contributed by atoms with E-state index in [9.17, 15) is 14.4 Å². The summed E-state index contributed by atoms with van der Waals surface area (Å²) in [6.45, 7) is 7.10. The van der Waals surface area contributed by atoms with Crippen molar-refractivity contribution in [1.29, 1.82) is 0 Å². The number of benzene rings is 1. The normalized spacial score (nSPS) is 15.9. The van der Waals surface area contributed by atoms with Crippen LogP contribution in [0.4, 0.5) is 23.1 Å². The van der Waals surface area contributed by atoms with E-state index >= 15 is 0 Å². The molecule has 52 heavy (non-hydrogen) atoms. The first-order chi connectivity index (χ1) is 25.5. The van der Waals surface area contributed by atoms with Crippen LogP contribution in [-0.4, -0.2) is 140 Å². The number of methoxy groups -OCH3 is 1. The number of amides is 2. The molecule has 0 spiro atoms. The highest BCUT2D eigenvalue weighted by molar-refractivity contribution is 6.04. The Hall–Kier alpha value is -3.93. The molecule has 1 aliphatic carbocycles. The molecule has 2 amide bonds. The van der Waals surface area contributed by atoms with E-state index < -0.39 is 0 Å². The molecule has 0 bridgehead atoms. The number of aromatic nitrogens is 2. The number of nitrogens with one attached hydrogen (secondary N) is 2. The number of anilines is 4. The van der Waals surface area contributed by atoms with Gasteiger partial charge in [-0.25, -0.2) is 4.98 Å². The van der Waals surface area contributed by atoms with Crippen molar-refractivity contribution in [2.45, 2.75) is 51.1 Å². The number of aldehydes is 1. The van der Waals surface area contributed by atoms with Crippen LogP contribution in [0.1, 0.15) is 49.4 Å². The monoisotopic (exact) mass is 730 g/mol. The highest BCUT2D eigenvalue weighted by Crippen LogP contribution is 2.40. The molecule has 16 heteroatoms. The lowest BCUT2D eigenvalue weighted by Gasteiger charge is -2.43. The molecule has 2 aromatic rings. The molecule has 1 atom stereocenters. The highest BCUT2D eigenvalue weighted by Gasteiger charge is 2.41. The van der Waals surface area contributed by atoms with Crippen LogP contribution in [-0.2, 0) is 38.0 Å². The second kappa shape index (κ2) is 22.9. The summed E-state index contributed by atoms with van der Waals surface area (Å²) in [5.74, 6) is 1.40. The largest absolute Gasteiger partial charge is 0.495 e. The van der Waals surface area contributed by atoms with E-state index in [2.05, 4.69) is 20.5 Å². The number of likely N-dealkylation sites (N-methyl/N-ethyl adjacent to an activating group) is 1. The van der Waals surface area contributed by atoms with Crippen molar-refractivity contribution in [1.82, 2.24) is 15.3 Å². The first-order valence-electron chi connectivity index (χ1n) is 18.0. The number of rotatable bonds is 26. The Balaban J connectivity index is 1.11. The van der Waals surface area contributed by atoms with E-state index in [-0.39, 0.29) is 30.5 Å². The molecule has 2 heterocycles. The van der Waals surface area contributed by atoms with Gasteiger partial charge in [-0.2, -0.15) is 4.98 Å². The van der Waals surface area contributed by atoms with Gasteiger partial charge in [-0.05, 0) is 37.5 Å². The number of hydrogen-bond acceptors (Lipinski definition) is 14. The molecule has 1 aliphatic heterocycles. The maximum Gasteiger partial charge on any atom is 0.251 e. The average molecular weight is 731 g/mol. The van der Waals surface area contributed by atoms with E-state index in [1.54, 1.807) is 43.5 Å². The molecule has 0 radical (unpaired) electrons. The van der Waals surface area contributed by atoms with Crippen molar-refractivity contribution in [2.24, 2.45) is 0 Å². The van der Waals surface area contributed by atoms with Crippen LogP contribution in [0.5, 0.6) is 5.75 Å². The first kappa shape index (κ1) is 40.8. The number of carbonyl (C=O) groups is 3. The van der Waals surface area contributed by atoms with Gasteiger partial charge in [0, 0.05) is 25.2 Å². The number of hydrogen-bond donors (Lipinski definition) is 2. The molecular formula is C36H54N6O10. The third-order valence-electron chi connectivity index (χ3n) is 8.70. The minimum atomic E-state index is -0.260. The number of carbonyl (C=O) groups excluding carboxylic acids is 3. The van der Waals surface area contributed by atoms with Gasteiger partial charge in [0.05, 0.1) is 91.7 Å². The molecule has 1 saturated carbocycles. The van der Waals surface area contributed by atoms with E-state index in [0.717, 1.165) is 31.5 Å². The Bertz CT molecular complexity index is 1400. The van der Waals surface area contributed by atoms with Gasteiger partial charge in [0.2, 0.25) is 11.9 Å². The molecule has 2 aliphatic rings. The second-order valence-corrected chi connectivity index (χ2v) is 12.2. The van der Waals surface area contributed by atoms with Crippen molar-refractivity contribution in [3.8, 4) is 5.75 Å². The molecule has 1 fully saturated rings. The lowest BCUT2D eigenvalue weighted by molar-refractivity contribution is -0.120. The van der Waals surface area contributed by atoms with Gasteiger partial charge >= 0.3 is 0 Å². The first-order valence-corrected chi connectivity index (χ1v) is 18.0. The predicted molar refractivity (Wildman–Crippen MR) is 194 cm³/mol. The zero-order chi connectivity index (χ0) is 37.0. The quantitative estimate of drug-likeness (QED) is 0.107. The zero-order valence-corrected chi connectivity index (χ0v) is 30.6. The summed E-state index contributed by atoms with van der Waals surface area (Å²) in [4.78, 5) is 49.4. The summed E-state index contributed by atoms with van der Waals surface area (Å²) in [6, 6.07) is 5.13. The summed E-state index contributed by atoms with van der Waals surface area (Å²) >= 11 is 0. The molecule has 1 aromatic heterocycles. The summed E-state index contributed by atoms with van der Waals surface area (Å²) in [5.41, 5.74) is 1.74. The van der Waals surface area contributed by atoms with Crippen LogP contribution in [0.15, 0.2) is 24.4 Å². The van der Waals surface area contributed by atoms with Crippen molar-refractivity contribution >= 4 is 41.2 Å². The van der Waals surface area contributed by atoms with Crippen LogP contribution >= 0.6 is 0 Å². The average Bonchev–Trinajstić information content (AvgIpc) is 3.70. The lowest BCUT2D eigenvalue weighted by atomic mass is 10.0. The van der Waals surface area contributed by atoms with E-state index in [0.29, 0.717) is 121 Å². The number of fused-ring (bicyclic) bond motifs is 1. The van der Waals surface area contributed by atoms with Gasteiger partial charge in [-0.15, -0.1) is 0 Å². The summed E-state index contributed by atoms with van der Waals surface area (Å²) in [6.07, 6.45) is 7.44. The molecule has 16 nitrogen and oxygen atoms in total. The third kappa shape index (κ3) is 12.3. The summed E-state index contributed by atoms with van der Waals surface area (Å²) < 4.78 is 37.8. The smallest absolute Gasteiger partial charge is 0.251 e. The number of ether oxygens (including phenoxy) is 7. The maximum atomic E-state index is 13.2. The van der Waals surface area contributed by atoms with Crippen LogP contribution in [0.3, 0.4) is 0 Å². The van der Waals surface area contributed by atoms with Crippen molar-refractivity contribution in [3.63, 3.8) is 0 Å². The summed E-state index contributed by atoms with van der Waals surface area (Å²) in [5, 5.41) is 6.11. The van der Waals surface area contributed by atoms with Crippen molar-refractivity contribution in [2.75, 3.05) is 115 Å². The topological polar surface area (TPSA) is 172 Å². The van der Waals surface area contributed by atoms with Crippen LogP contribution < -0.4 is 25.2 Å². The van der Waals surface area contributed by atoms with E-state index in [1.807, 2.05) is 6.92 Å². The van der Waals surface area contributed by atoms with Crippen molar-refractivity contribution < 1.29 is 47.5 Å². The fraction of sp³-hybridized carbons (Fsp3) is 0.639. The van der Waals surface area contributed by atoms with Gasteiger partial charge in [-0.1, -0.05) is 19.8 Å². The third-order valence-corrected chi connectivity index (χ3v) is 8.70. The maximum absolute atomic E-state index is 13.2. The second-order valence-electron chi connectivity index (χ2n) is 12.2. The molecule has 0 saturated heterocycles. The highest BCUT2D eigenvalue weighted by atomic mass is 16.6. The lowest BCUT2D eigenvalue weighted by Crippen LogP contribution is -2.55. The fourth-order valence-electron chi connectivity index (χ4n) is 6.07. The SMILES string of the molecule is CCC1C(=O)N(C)c2cnc(Nc3ccc(C(=O)NCCOCCOCCOCCOCCOCCOCC=O)cc3OC)nc2N1C1CCCC1. The van der Waals surface area contributed by atoms with Crippen molar-refractivity contribution in [3.05, 3.63) is 30.0 Å². The Morgan fingerprint density at radius 3 is 2.08 bits per heavy atom. The van der Waals surface area contributed by atoms with E-state index in [4.69, 9.17) is 38.1 Å². The standard InChI is InChI=1S/C36H54N6O10/c1-4-30-35(45)41(2)31-26-38-36(40-33(31)42(30)28-7-5-6-8-28)39-29-10-9-27(25-32(29)46-3)34(44)37-11-13-47-15-17-49-19-21-51-23-24-52-22-20-50-18-16-48-14-12-43/h9-10,12,25-26,28,30H,4-8,11,13-24H2,1-3H3,(H,37,44)(H,38,39,40). The van der Waals surface area contributed by atoms with Gasteiger partial charge in [0.1, 0.15) is 30.4 Å².